The van der Waals surface area contributed by atoms with Gasteiger partial charge in [-0.15, -0.1) is 0 Å². The molecular formula is C14H17N3O5. The van der Waals surface area contributed by atoms with Crippen LogP contribution in [0.25, 0.3) is 0 Å². The second-order valence-electron chi connectivity index (χ2n) is 5.64. The normalized spacial score (nSPS) is 11.3. The van der Waals surface area contributed by atoms with Crippen molar-refractivity contribution < 1.29 is 18.9 Å². The molecule has 0 fully saturated rings. The summed E-state index contributed by atoms with van der Waals surface area (Å²) < 4.78 is 15.5. The Hall–Kier alpha value is -2.64. The van der Waals surface area contributed by atoms with E-state index in [1.54, 1.807) is 6.07 Å². The maximum atomic E-state index is 11.1. The van der Waals surface area contributed by atoms with Crippen LogP contribution in [0.4, 0.5) is 5.69 Å². The highest BCUT2D eigenvalue weighted by Crippen LogP contribution is 2.31. The lowest BCUT2D eigenvalue weighted by molar-refractivity contribution is -0.386. The van der Waals surface area contributed by atoms with Crippen LogP contribution < -0.4 is 9.47 Å². The van der Waals surface area contributed by atoms with Crippen LogP contribution in [-0.2, 0) is 12.0 Å². The maximum Gasteiger partial charge on any atom is 0.314 e. The summed E-state index contributed by atoms with van der Waals surface area (Å²) in [5.74, 6) is 1.30. The standard InChI is InChI=1S/C14H17N3O5/c1-14(2,3)13-15-12(22-16-13)8-21-11-6-5-9(20-4)7-10(11)17(18)19/h5-7H,8H2,1-4H3. The molecule has 0 saturated carbocycles. The van der Waals surface area contributed by atoms with Gasteiger partial charge in [-0.25, -0.2) is 0 Å². The summed E-state index contributed by atoms with van der Waals surface area (Å²) in [6.07, 6.45) is 0. The third kappa shape index (κ3) is 3.51. The molecule has 0 aliphatic rings. The van der Waals surface area contributed by atoms with E-state index in [2.05, 4.69) is 10.1 Å². The Balaban J connectivity index is 2.14. The summed E-state index contributed by atoms with van der Waals surface area (Å²) in [5, 5.41) is 14.9. The van der Waals surface area contributed by atoms with E-state index < -0.39 is 4.92 Å². The molecule has 0 amide bonds. The zero-order chi connectivity index (χ0) is 16.3. The SMILES string of the molecule is COc1ccc(OCc2nc(C(C)(C)C)no2)c([N+](=O)[O-])c1. The lowest BCUT2D eigenvalue weighted by atomic mass is 9.96. The fraction of sp³-hybridized carbons (Fsp3) is 0.429. The largest absolute Gasteiger partial charge is 0.496 e. The average molecular weight is 307 g/mol. The smallest absolute Gasteiger partial charge is 0.314 e. The molecule has 8 heteroatoms. The number of ether oxygens (including phenoxy) is 2. The number of rotatable bonds is 5. The molecule has 0 aliphatic heterocycles. The van der Waals surface area contributed by atoms with Crippen molar-refractivity contribution in [2.45, 2.75) is 32.8 Å². The highest BCUT2D eigenvalue weighted by molar-refractivity contribution is 5.50. The number of methoxy groups -OCH3 is 1. The molecule has 118 valence electrons. The van der Waals surface area contributed by atoms with Crippen LogP contribution in [0.3, 0.4) is 0 Å². The number of nitro groups is 1. The number of nitro benzene ring substituents is 1. The Bertz CT molecular complexity index is 675. The summed E-state index contributed by atoms with van der Waals surface area (Å²) in [5.41, 5.74) is -0.427. The minimum Gasteiger partial charge on any atom is -0.496 e. The zero-order valence-corrected chi connectivity index (χ0v) is 12.8. The molecule has 22 heavy (non-hydrogen) atoms. The van der Waals surface area contributed by atoms with Gasteiger partial charge in [0.15, 0.2) is 18.2 Å². The Morgan fingerprint density at radius 1 is 1.36 bits per heavy atom. The van der Waals surface area contributed by atoms with E-state index in [9.17, 15) is 10.1 Å². The fourth-order valence-corrected chi connectivity index (χ4v) is 1.65. The van der Waals surface area contributed by atoms with E-state index in [-0.39, 0.29) is 29.3 Å². The van der Waals surface area contributed by atoms with E-state index in [1.165, 1.54) is 19.2 Å². The van der Waals surface area contributed by atoms with Gasteiger partial charge < -0.3 is 14.0 Å². The molecule has 0 aliphatic carbocycles. The van der Waals surface area contributed by atoms with Crippen LogP contribution in [0.5, 0.6) is 11.5 Å². The molecule has 1 aromatic carbocycles. The van der Waals surface area contributed by atoms with Gasteiger partial charge in [-0.05, 0) is 12.1 Å². The van der Waals surface area contributed by atoms with Crippen molar-refractivity contribution in [3.05, 3.63) is 40.0 Å². The summed E-state index contributed by atoms with van der Waals surface area (Å²) >= 11 is 0. The Morgan fingerprint density at radius 2 is 2.09 bits per heavy atom. The topological polar surface area (TPSA) is 101 Å². The van der Waals surface area contributed by atoms with Gasteiger partial charge in [0.25, 0.3) is 5.89 Å². The first kappa shape index (κ1) is 15.7. The van der Waals surface area contributed by atoms with Crippen LogP contribution in [0.2, 0.25) is 0 Å². The van der Waals surface area contributed by atoms with E-state index in [0.29, 0.717) is 11.6 Å². The maximum absolute atomic E-state index is 11.1. The molecule has 0 radical (unpaired) electrons. The Labute approximate surface area is 127 Å². The predicted octanol–water partition coefficient (Wildman–Crippen LogP) is 2.86. The van der Waals surface area contributed by atoms with Crippen molar-refractivity contribution in [1.82, 2.24) is 10.1 Å². The number of benzene rings is 1. The van der Waals surface area contributed by atoms with E-state index >= 15 is 0 Å². The fourth-order valence-electron chi connectivity index (χ4n) is 1.65. The van der Waals surface area contributed by atoms with Gasteiger partial charge in [-0.1, -0.05) is 25.9 Å². The van der Waals surface area contributed by atoms with Gasteiger partial charge in [0.05, 0.1) is 18.1 Å². The third-order valence-corrected chi connectivity index (χ3v) is 2.85. The molecule has 0 spiro atoms. The first-order chi connectivity index (χ1) is 10.3. The highest BCUT2D eigenvalue weighted by Gasteiger charge is 2.22. The summed E-state index contributed by atoms with van der Waals surface area (Å²) in [6.45, 7) is 5.82. The van der Waals surface area contributed by atoms with Crippen molar-refractivity contribution in [1.29, 1.82) is 0 Å². The minimum atomic E-state index is -0.535. The molecule has 1 heterocycles. The lowest BCUT2D eigenvalue weighted by Crippen LogP contribution is -2.13. The van der Waals surface area contributed by atoms with Crippen LogP contribution in [0.1, 0.15) is 32.5 Å². The average Bonchev–Trinajstić information content (AvgIpc) is 2.93. The lowest BCUT2D eigenvalue weighted by Gasteiger charge is -2.10. The van der Waals surface area contributed by atoms with E-state index in [0.717, 1.165) is 0 Å². The van der Waals surface area contributed by atoms with Crippen molar-refractivity contribution in [2.75, 3.05) is 7.11 Å². The molecule has 0 bridgehead atoms. The van der Waals surface area contributed by atoms with Gasteiger partial charge in [0.1, 0.15) is 5.75 Å². The van der Waals surface area contributed by atoms with Gasteiger partial charge in [-0.2, -0.15) is 4.98 Å². The minimum absolute atomic E-state index is 0.0454. The van der Waals surface area contributed by atoms with E-state index in [1.807, 2.05) is 20.8 Å². The van der Waals surface area contributed by atoms with E-state index in [4.69, 9.17) is 14.0 Å². The first-order valence-electron chi connectivity index (χ1n) is 6.59. The van der Waals surface area contributed by atoms with Crippen LogP contribution >= 0.6 is 0 Å². The highest BCUT2D eigenvalue weighted by atomic mass is 16.6. The van der Waals surface area contributed by atoms with Crippen molar-refractivity contribution >= 4 is 5.69 Å². The summed E-state index contributed by atoms with van der Waals surface area (Å²) in [6, 6.07) is 4.35. The molecule has 0 unspecified atom stereocenters. The number of aromatic nitrogens is 2. The Morgan fingerprint density at radius 3 is 2.64 bits per heavy atom. The number of hydrogen-bond donors (Lipinski definition) is 0. The quantitative estimate of drug-likeness (QED) is 0.618. The molecule has 1 aromatic heterocycles. The molecule has 0 saturated heterocycles. The second-order valence-corrected chi connectivity index (χ2v) is 5.64. The molecule has 2 rings (SSSR count). The molecule has 2 aromatic rings. The number of hydrogen-bond acceptors (Lipinski definition) is 7. The Kier molecular flexibility index (Phi) is 4.30. The van der Waals surface area contributed by atoms with Crippen molar-refractivity contribution in [2.24, 2.45) is 0 Å². The van der Waals surface area contributed by atoms with Crippen LogP contribution in [-0.4, -0.2) is 22.2 Å². The van der Waals surface area contributed by atoms with Crippen molar-refractivity contribution in [3.8, 4) is 11.5 Å². The van der Waals surface area contributed by atoms with Gasteiger partial charge in [0.2, 0.25) is 0 Å². The molecular weight excluding hydrogens is 290 g/mol. The zero-order valence-electron chi connectivity index (χ0n) is 12.8. The molecule has 0 atom stereocenters. The first-order valence-corrected chi connectivity index (χ1v) is 6.59. The summed E-state index contributed by atoms with van der Waals surface area (Å²) in [7, 11) is 1.44. The van der Waals surface area contributed by atoms with Gasteiger partial charge in [0, 0.05) is 5.41 Å². The monoisotopic (exact) mass is 307 g/mol. The van der Waals surface area contributed by atoms with Crippen molar-refractivity contribution in [3.63, 3.8) is 0 Å². The third-order valence-electron chi connectivity index (χ3n) is 2.85. The van der Waals surface area contributed by atoms with Gasteiger partial charge in [-0.3, -0.25) is 10.1 Å². The van der Waals surface area contributed by atoms with Gasteiger partial charge >= 0.3 is 5.69 Å². The predicted molar refractivity (Wildman–Crippen MR) is 77.0 cm³/mol. The summed E-state index contributed by atoms with van der Waals surface area (Å²) in [4.78, 5) is 14.7. The van der Waals surface area contributed by atoms with Crippen LogP contribution in [0, 0.1) is 10.1 Å². The van der Waals surface area contributed by atoms with Crippen LogP contribution in [0.15, 0.2) is 22.7 Å². The number of nitrogens with zero attached hydrogens (tertiary/aromatic N) is 3. The molecule has 8 nitrogen and oxygen atoms in total. The second kappa shape index (κ2) is 6.00. The molecule has 0 N–H and O–H groups in total.